The zero-order valence-electron chi connectivity index (χ0n) is 10.3. The van der Waals surface area contributed by atoms with Crippen molar-refractivity contribution in [3.63, 3.8) is 0 Å². The molecule has 0 spiro atoms. The summed E-state index contributed by atoms with van der Waals surface area (Å²) in [4.78, 5) is 0. The van der Waals surface area contributed by atoms with Gasteiger partial charge in [-0.25, -0.2) is 4.39 Å². The average molecular weight is 318 g/mol. The number of nitrogens with one attached hydrogen (secondary N) is 1. The predicted molar refractivity (Wildman–Crippen MR) is 71.6 cm³/mol. The van der Waals surface area contributed by atoms with E-state index in [1.54, 1.807) is 0 Å². The van der Waals surface area contributed by atoms with Gasteiger partial charge >= 0.3 is 0 Å². The van der Waals surface area contributed by atoms with Crippen molar-refractivity contribution in [1.82, 2.24) is 5.32 Å². The van der Waals surface area contributed by atoms with Crippen LogP contribution in [-0.4, -0.2) is 25.3 Å². The molecule has 1 aliphatic rings. The third-order valence-corrected chi connectivity index (χ3v) is 4.00. The Labute approximate surface area is 114 Å². The first kappa shape index (κ1) is 13.6. The number of aromatic hydroxyl groups is 1. The van der Waals surface area contributed by atoms with Crippen LogP contribution >= 0.6 is 15.9 Å². The van der Waals surface area contributed by atoms with E-state index in [2.05, 4.69) is 21.2 Å². The maximum Gasteiger partial charge on any atom is 0.163 e. The van der Waals surface area contributed by atoms with E-state index in [1.807, 2.05) is 0 Å². The van der Waals surface area contributed by atoms with Gasteiger partial charge in [-0.1, -0.05) is 0 Å². The quantitative estimate of drug-likeness (QED) is 0.900. The second-order valence-electron chi connectivity index (χ2n) is 4.60. The third kappa shape index (κ3) is 2.78. The van der Waals surface area contributed by atoms with Crippen molar-refractivity contribution in [2.24, 2.45) is 5.92 Å². The Morgan fingerprint density at radius 3 is 2.78 bits per heavy atom. The van der Waals surface area contributed by atoms with E-state index in [0.29, 0.717) is 28.1 Å². The van der Waals surface area contributed by atoms with Gasteiger partial charge in [-0.05, 0) is 54.2 Å². The Morgan fingerprint density at radius 1 is 1.50 bits per heavy atom. The first-order valence-electron chi connectivity index (χ1n) is 6.08. The normalized spacial score (nSPS) is 16.8. The molecule has 3 nitrogen and oxygen atoms in total. The zero-order valence-corrected chi connectivity index (χ0v) is 11.9. The van der Waals surface area contributed by atoms with Crippen LogP contribution in [0, 0.1) is 11.7 Å². The summed E-state index contributed by atoms with van der Waals surface area (Å²) in [5, 5.41) is 13.3. The number of benzene rings is 1. The highest BCUT2D eigenvalue weighted by Gasteiger charge is 2.22. The van der Waals surface area contributed by atoms with E-state index in [-0.39, 0.29) is 11.6 Å². The molecule has 1 aliphatic heterocycles. The van der Waals surface area contributed by atoms with E-state index in [0.717, 1.165) is 25.9 Å². The summed E-state index contributed by atoms with van der Waals surface area (Å²) in [7, 11) is 1.47. The van der Waals surface area contributed by atoms with Gasteiger partial charge in [-0.3, -0.25) is 0 Å². The summed E-state index contributed by atoms with van der Waals surface area (Å²) in [6, 6.07) is 1.45. The fourth-order valence-electron chi connectivity index (χ4n) is 2.36. The molecule has 0 radical (unpaired) electrons. The molecule has 18 heavy (non-hydrogen) atoms. The number of halogens is 2. The maximum absolute atomic E-state index is 14.1. The summed E-state index contributed by atoms with van der Waals surface area (Å²) in [6.07, 6.45) is 2.57. The largest absolute Gasteiger partial charge is 0.504 e. The number of hydrogen-bond donors (Lipinski definition) is 2. The van der Waals surface area contributed by atoms with Crippen LogP contribution in [-0.2, 0) is 6.42 Å². The molecule has 1 aromatic carbocycles. The van der Waals surface area contributed by atoms with Gasteiger partial charge in [0.1, 0.15) is 5.82 Å². The highest BCUT2D eigenvalue weighted by molar-refractivity contribution is 9.10. The summed E-state index contributed by atoms with van der Waals surface area (Å²) in [5.74, 6) is 0.265. The molecule has 100 valence electrons. The second kappa shape index (κ2) is 5.89. The molecule has 0 aromatic heterocycles. The van der Waals surface area contributed by atoms with Gasteiger partial charge in [0.2, 0.25) is 0 Å². The first-order chi connectivity index (χ1) is 8.63. The number of hydrogen-bond acceptors (Lipinski definition) is 3. The Bertz CT molecular complexity index is 433. The molecule has 1 heterocycles. The van der Waals surface area contributed by atoms with Crippen LogP contribution in [0.5, 0.6) is 11.5 Å². The molecule has 0 atom stereocenters. The van der Waals surface area contributed by atoms with E-state index >= 15 is 0 Å². The van der Waals surface area contributed by atoms with Gasteiger partial charge in [0.25, 0.3) is 0 Å². The predicted octanol–water partition coefficient (Wildman–Crippen LogP) is 2.84. The minimum absolute atomic E-state index is 0.0725. The Morgan fingerprint density at radius 2 is 2.17 bits per heavy atom. The average Bonchev–Trinajstić information content (AvgIpc) is 2.40. The topological polar surface area (TPSA) is 41.5 Å². The SMILES string of the molecule is COc1cc(Br)c(F)c(CC2CCNCC2)c1O. The lowest BCUT2D eigenvalue weighted by Gasteiger charge is -2.23. The van der Waals surface area contributed by atoms with E-state index in [1.165, 1.54) is 13.2 Å². The fraction of sp³-hybridized carbons (Fsp3) is 0.538. The fourth-order valence-corrected chi connectivity index (χ4v) is 2.81. The van der Waals surface area contributed by atoms with Crippen molar-refractivity contribution < 1.29 is 14.2 Å². The van der Waals surface area contributed by atoms with Crippen molar-refractivity contribution in [3.05, 3.63) is 21.9 Å². The molecule has 2 rings (SSSR count). The van der Waals surface area contributed by atoms with Crippen molar-refractivity contribution in [3.8, 4) is 11.5 Å². The van der Waals surface area contributed by atoms with E-state index in [4.69, 9.17) is 4.74 Å². The van der Waals surface area contributed by atoms with Crippen molar-refractivity contribution >= 4 is 15.9 Å². The summed E-state index contributed by atoms with van der Waals surface area (Å²) in [6.45, 7) is 1.91. The molecule has 0 unspecified atom stereocenters. The summed E-state index contributed by atoms with van der Waals surface area (Å²) in [5.41, 5.74) is 0.355. The highest BCUT2D eigenvalue weighted by Crippen LogP contribution is 2.38. The minimum Gasteiger partial charge on any atom is -0.504 e. The molecule has 2 N–H and O–H groups in total. The van der Waals surface area contributed by atoms with E-state index < -0.39 is 0 Å². The molecule has 5 heteroatoms. The number of piperidine rings is 1. The second-order valence-corrected chi connectivity index (χ2v) is 5.45. The molecule has 1 aromatic rings. The monoisotopic (exact) mass is 317 g/mol. The standard InChI is InChI=1S/C13H17BrFNO2/c1-18-11-7-10(14)12(15)9(13(11)17)6-8-2-4-16-5-3-8/h7-8,16-17H,2-6H2,1H3. The van der Waals surface area contributed by atoms with Gasteiger partial charge < -0.3 is 15.2 Å². The van der Waals surface area contributed by atoms with Crippen LogP contribution < -0.4 is 10.1 Å². The molecule has 1 saturated heterocycles. The molecule has 1 fully saturated rings. The van der Waals surface area contributed by atoms with Crippen molar-refractivity contribution in [2.75, 3.05) is 20.2 Å². The Hall–Kier alpha value is -0.810. The van der Waals surface area contributed by atoms with Crippen LogP contribution in [0.3, 0.4) is 0 Å². The molecule has 0 bridgehead atoms. The Balaban J connectivity index is 2.27. The first-order valence-corrected chi connectivity index (χ1v) is 6.87. The molecule has 0 saturated carbocycles. The number of rotatable bonds is 3. The van der Waals surface area contributed by atoms with Gasteiger partial charge in [0, 0.05) is 11.6 Å². The van der Waals surface area contributed by atoms with Crippen LogP contribution in [0.2, 0.25) is 0 Å². The smallest absolute Gasteiger partial charge is 0.163 e. The molecular formula is C13H17BrFNO2. The van der Waals surface area contributed by atoms with Crippen molar-refractivity contribution in [2.45, 2.75) is 19.3 Å². The number of phenols is 1. The van der Waals surface area contributed by atoms with Crippen LogP contribution in [0.1, 0.15) is 18.4 Å². The summed E-state index contributed by atoms with van der Waals surface area (Å²) >= 11 is 3.16. The van der Waals surface area contributed by atoms with Crippen LogP contribution in [0.15, 0.2) is 10.5 Å². The zero-order chi connectivity index (χ0) is 13.1. The van der Waals surface area contributed by atoms with Gasteiger partial charge in [-0.2, -0.15) is 0 Å². The van der Waals surface area contributed by atoms with Crippen LogP contribution in [0.4, 0.5) is 4.39 Å². The minimum atomic E-state index is -0.383. The lowest BCUT2D eigenvalue weighted by molar-refractivity contribution is 0.345. The maximum atomic E-state index is 14.1. The molecule has 0 aliphatic carbocycles. The summed E-state index contributed by atoms with van der Waals surface area (Å²) < 4.78 is 19.4. The Kier molecular flexibility index (Phi) is 4.45. The van der Waals surface area contributed by atoms with Gasteiger partial charge in [0.05, 0.1) is 11.6 Å². The van der Waals surface area contributed by atoms with Gasteiger partial charge in [0.15, 0.2) is 11.5 Å². The van der Waals surface area contributed by atoms with Crippen LogP contribution in [0.25, 0.3) is 0 Å². The number of methoxy groups -OCH3 is 1. The lowest BCUT2D eigenvalue weighted by atomic mass is 9.90. The third-order valence-electron chi connectivity index (χ3n) is 3.42. The number of ether oxygens (including phenoxy) is 1. The lowest BCUT2D eigenvalue weighted by Crippen LogP contribution is -2.28. The molecule has 0 amide bonds. The number of phenolic OH excluding ortho intramolecular Hbond substituents is 1. The van der Waals surface area contributed by atoms with Gasteiger partial charge in [-0.15, -0.1) is 0 Å². The van der Waals surface area contributed by atoms with E-state index in [9.17, 15) is 9.50 Å². The highest BCUT2D eigenvalue weighted by atomic mass is 79.9. The molecular weight excluding hydrogens is 301 g/mol. The van der Waals surface area contributed by atoms with Crippen molar-refractivity contribution in [1.29, 1.82) is 0 Å².